The van der Waals surface area contributed by atoms with Crippen LogP contribution in [-0.4, -0.2) is 34.9 Å². The fraction of sp³-hybridized carbons (Fsp3) is 0.310. The lowest BCUT2D eigenvalue weighted by Crippen LogP contribution is -2.29. The van der Waals surface area contributed by atoms with Crippen molar-refractivity contribution < 1.29 is 28.6 Å². The van der Waals surface area contributed by atoms with Crippen molar-refractivity contribution in [3.05, 3.63) is 88.3 Å². The molecule has 1 atom stereocenters. The maximum absolute atomic E-state index is 13.3. The number of aliphatic hydroxyl groups is 1. The minimum Gasteiger partial charge on any atom is -0.507 e. The van der Waals surface area contributed by atoms with Crippen molar-refractivity contribution in [2.75, 3.05) is 13.2 Å². The summed E-state index contributed by atoms with van der Waals surface area (Å²) >= 11 is 6.01. The Balaban J connectivity index is 1.80. The minimum atomic E-state index is -0.871. The van der Waals surface area contributed by atoms with Crippen molar-refractivity contribution >= 4 is 29.1 Å². The van der Waals surface area contributed by atoms with E-state index in [4.69, 9.17) is 25.5 Å². The second-order valence-corrected chi connectivity index (χ2v) is 9.62. The third-order valence-electron chi connectivity index (χ3n) is 6.10. The molecule has 0 radical (unpaired) electrons. The number of rotatable bonds is 10. The first-order valence-corrected chi connectivity index (χ1v) is 12.6. The Kier molecular flexibility index (Phi) is 8.24. The Bertz CT molecular complexity index is 1280. The topological polar surface area (TPSA) is 89.2 Å². The van der Waals surface area contributed by atoms with Crippen molar-refractivity contribution in [2.45, 2.75) is 39.8 Å². The largest absolute Gasteiger partial charge is 0.507 e. The van der Waals surface area contributed by atoms with E-state index in [0.29, 0.717) is 52.5 Å². The summed E-state index contributed by atoms with van der Waals surface area (Å²) in [6.07, 6.45) is 2.39. The number of ether oxygens (including phenoxy) is 2. The van der Waals surface area contributed by atoms with E-state index in [1.54, 1.807) is 54.6 Å². The molecule has 1 aromatic heterocycles. The molecule has 194 valence electrons. The number of benzene rings is 2. The van der Waals surface area contributed by atoms with Gasteiger partial charge >= 0.3 is 0 Å². The number of carbonyl (C=O) groups is 2. The zero-order valence-corrected chi connectivity index (χ0v) is 21.8. The SMILES string of the molecule is CCOc1cc(C2/C(=C(\O)c3ccc(Cl)cc3)C(=O)C(=O)N2Cc2ccco2)ccc1OCCC(C)C. The number of hydrogen-bond donors (Lipinski definition) is 1. The molecule has 1 fully saturated rings. The van der Waals surface area contributed by atoms with Crippen molar-refractivity contribution in [1.29, 1.82) is 0 Å². The number of nitrogens with zero attached hydrogens (tertiary/aromatic N) is 1. The van der Waals surface area contributed by atoms with Crippen LogP contribution < -0.4 is 9.47 Å². The van der Waals surface area contributed by atoms with Crippen LogP contribution in [0.5, 0.6) is 11.5 Å². The second-order valence-electron chi connectivity index (χ2n) is 9.18. The summed E-state index contributed by atoms with van der Waals surface area (Å²) < 4.78 is 17.3. The molecule has 3 aromatic rings. The Morgan fingerprint density at radius 1 is 1.08 bits per heavy atom. The van der Waals surface area contributed by atoms with Crippen molar-refractivity contribution in [1.82, 2.24) is 4.90 Å². The van der Waals surface area contributed by atoms with Crippen LogP contribution in [0.15, 0.2) is 70.9 Å². The Morgan fingerprint density at radius 3 is 2.49 bits per heavy atom. The molecule has 0 bridgehead atoms. The van der Waals surface area contributed by atoms with Gasteiger partial charge in [0.25, 0.3) is 11.7 Å². The van der Waals surface area contributed by atoms with Gasteiger partial charge in [-0.3, -0.25) is 9.59 Å². The van der Waals surface area contributed by atoms with Crippen LogP contribution in [0.2, 0.25) is 5.02 Å². The van der Waals surface area contributed by atoms with E-state index < -0.39 is 17.7 Å². The molecule has 2 aromatic carbocycles. The maximum atomic E-state index is 13.3. The van der Waals surface area contributed by atoms with Gasteiger partial charge in [-0.1, -0.05) is 31.5 Å². The smallest absolute Gasteiger partial charge is 0.296 e. The number of ketones is 1. The molecule has 1 N–H and O–H groups in total. The predicted molar refractivity (Wildman–Crippen MR) is 141 cm³/mol. The van der Waals surface area contributed by atoms with Crippen LogP contribution in [-0.2, 0) is 16.1 Å². The van der Waals surface area contributed by atoms with E-state index in [2.05, 4.69) is 13.8 Å². The van der Waals surface area contributed by atoms with E-state index in [0.717, 1.165) is 6.42 Å². The number of carbonyl (C=O) groups excluding carboxylic acids is 2. The Labute approximate surface area is 221 Å². The molecule has 1 unspecified atom stereocenters. The van der Waals surface area contributed by atoms with E-state index >= 15 is 0 Å². The number of furan rings is 1. The van der Waals surface area contributed by atoms with Crippen LogP contribution >= 0.6 is 11.6 Å². The Hall–Kier alpha value is -3.71. The molecule has 37 heavy (non-hydrogen) atoms. The molecular weight excluding hydrogens is 494 g/mol. The molecule has 1 aliphatic rings. The van der Waals surface area contributed by atoms with Gasteiger partial charge in [-0.2, -0.15) is 0 Å². The van der Waals surface area contributed by atoms with E-state index in [1.165, 1.54) is 11.2 Å². The van der Waals surface area contributed by atoms with Gasteiger partial charge in [0.15, 0.2) is 11.5 Å². The van der Waals surface area contributed by atoms with Crippen LogP contribution in [0.1, 0.15) is 50.1 Å². The summed E-state index contributed by atoms with van der Waals surface area (Å²) in [6.45, 7) is 7.10. The highest BCUT2D eigenvalue weighted by molar-refractivity contribution is 6.46. The number of likely N-dealkylation sites (tertiary alicyclic amines) is 1. The summed E-state index contributed by atoms with van der Waals surface area (Å²) in [7, 11) is 0. The number of hydrogen-bond acceptors (Lipinski definition) is 6. The van der Waals surface area contributed by atoms with Gasteiger partial charge in [-0.25, -0.2) is 0 Å². The molecule has 0 aliphatic carbocycles. The van der Waals surface area contributed by atoms with Gasteiger partial charge in [0.2, 0.25) is 0 Å². The lowest BCUT2D eigenvalue weighted by atomic mass is 9.95. The first-order valence-electron chi connectivity index (χ1n) is 12.3. The minimum absolute atomic E-state index is 0.0187. The van der Waals surface area contributed by atoms with E-state index in [9.17, 15) is 14.7 Å². The van der Waals surface area contributed by atoms with Gasteiger partial charge in [0.05, 0.1) is 37.6 Å². The Morgan fingerprint density at radius 2 is 1.84 bits per heavy atom. The molecule has 0 saturated carbocycles. The fourth-order valence-corrected chi connectivity index (χ4v) is 4.34. The molecule has 7 nitrogen and oxygen atoms in total. The summed E-state index contributed by atoms with van der Waals surface area (Å²) in [5.41, 5.74) is 0.958. The van der Waals surface area contributed by atoms with Crippen LogP contribution in [0.3, 0.4) is 0 Å². The highest BCUT2D eigenvalue weighted by Crippen LogP contribution is 2.43. The predicted octanol–water partition coefficient (Wildman–Crippen LogP) is 6.38. The number of aliphatic hydroxyl groups excluding tert-OH is 1. The second kappa shape index (κ2) is 11.6. The highest BCUT2D eigenvalue weighted by atomic mass is 35.5. The van der Waals surface area contributed by atoms with Crippen LogP contribution in [0.4, 0.5) is 0 Å². The molecule has 8 heteroatoms. The lowest BCUT2D eigenvalue weighted by Gasteiger charge is -2.25. The summed E-state index contributed by atoms with van der Waals surface area (Å²) in [4.78, 5) is 27.9. The van der Waals surface area contributed by atoms with Crippen molar-refractivity contribution in [2.24, 2.45) is 5.92 Å². The molecular formula is C29H30ClNO6. The molecule has 1 amide bonds. The summed E-state index contributed by atoms with van der Waals surface area (Å²) in [5, 5.41) is 11.7. The van der Waals surface area contributed by atoms with Gasteiger partial charge in [0.1, 0.15) is 11.5 Å². The van der Waals surface area contributed by atoms with Crippen molar-refractivity contribution in [3.8, 4) is 11.5 Å². The maximum Gasteiger partial charge on any atom is 0.296 e. The zero-order valence-electron chi connectivity index (χ0n) is 21.1. The summed E-state index contributed by atoms with van der Waals surface area (Å²) in [5.74, 6) is 0.287. The first-order chi connectivity index (χ1) is 17.8. The standard InChI is InChI=1S/C29H30ClNO6/c1-4-35-24-16-20(9-12-23(24)37-15-13-18(2)3)26-25(27(32)19-7-10-21(30)11-8-19)28(33)29(34)31(26)17-22-6-5-14-36-22/h5-12,14,16,18,26,32H,4,13,15,17H2,1-3H3/b27-25+. The average Bonchev–Trinajstić information content (AvgIpc) is 3.47. The number of Topliss-reactive ketones (excluding diaryl/α,β-unsaturated/α-hetero) is 1. The third kappa shape index (κ3) is 5.83. The van der Waals surface area contributed by atoms with Crippen LogP contribution in [0.25, 0.3) is 5.76 Å². The normalized spacial score (nSPS) is 17.0. The molecule has 0 spiro atoms. The van der Waals surface area contributed by atoms with Gasteiger partial charge in [-0.15, -0.1) is 0 Å². The van der Waals surface area contributed by atoms with E-state index in [-0.39, 0.29) is 17.9 Å². The number of halogens is 1. The van der Waals surface area contributed by atoms with E-state index in [1.807, 2.05) is 6.92 Å². The van der Waals surface area contributed by atoms with Crippen LogP contribution in [0, 0.1) is 5.92 Å². The monoisotopic (exact) mass is 523 g/mol. The third-order valence-corrected chi connectivity index (χ3v) is 6.35. The van der Waals surface area contributed by atoms with Gasteiger partial charge < -0.3 is 23.9 Å². The van der Waals surface area contributed by atoms with Crippen molar-refractivity contribution in [3.63, 3.8) is 0 Å². The van der Waals surface area contributed by atoms with Gasteiger partial charge in [0, 0.05) is 10.6 Å². The summed E-state index contributed by atoms with van der Waals surface area (Å²) in [6, 6.07) is 14.3. The lowest BCUT2D eigenvalue weighted by molar-refractivity contribution is -0.140. The highest BCUT2D eigenvalue weighted by Gasteiger charge is 2.46. The molecule has 1 aliphatic heterocycles. The average molecular weight is 524 g/mol. The zero-order chi connectivity index (χ0) is 26.5. The quantitative estimate of drug-likeness (QED) is 0.188. The molecule has 4 rings (SSSR count). The number of amides is 1. The fourth-order valence-electron chi connectivity index (χ4n) is 4.21. The van der Waals surface area contributed by atoms with Gasteiger partial charge in [-0.05, 0) is 73.4 Å². The molecule has 1 saturated heterocycles. The first kappa shape index (κ1) is 26.4. The molecule has 2 heterocycles.